The largest absolute Gasteiger partial charge is 0.309 e. The van der Waals surface area contributed by atoms with Gasteiger partial charge in [0.1, 0.15) is 0 Å². The molecule has 0 spiro atoms. The molecule has 0 saturated heterocycles. The van der Waals surface area contributed by atoms with Gasteiger partial charge in [0.15, 0.2) is 17.5 Å². The maximum Gasteiger partial charge on any atom is 0.164 e. The smallest absolute Gasteiger partial charge is 0.164 e. The van der Waals surface area contributed by atoms with Crippen molar-refractivity contribution in [2.45, 2.75) is 0 Å². The minimum Gasteiger partial charge on any atom is -0.309 e. The van der Waals surface area contributed by atoms with Crippen molar-refractivity contribution in [2.24, 2.45) is 0 Å². The number of aromatic nitrogens is 6. The molecule has 9 aromatic rings. The van der Waals surface area contributed by atoms with Crippen molar-refractivity contribution in [3.05, 3.63) is 157 Å². The van der Waals surface area contributed by atoms with Crippen LogP contribution in [0.3, 0.4) is 0 Å². The van der Waals surface area contributed by atoms with Crippen molar-refractivity contribution in [1.82, 2.24) is 29.5 Å². The molecular weight excluding hydrogens is 656 g/mol. The summed E-state index contributed by atoms with van der Waals surface area (Å²) in [7, 11) is 0. The average molecular weight is 682 g/mol. The Labute approximate surface area is 284 Å². The van der Waals surface area contributed by atoms with Gasteiger partial charge in [0.2, 0.25) is 0 Å². The van der Waals surface area contributed by atoms with E-state index in [0.29, 0.717) is 17.5 Å². The molecule has 0 aliphatic rings. The zero-order chi connectivity index (χ0) is 32.0. The third kappa shape index (κ3) is 5.01. The van der Waals surface area contributed by atoms with Gasteiger partial charge in [-0.25, -0.2) is 15.0 Å². The van der Waals surface area contributed by atoms with Crippen LogP contribution < -0.4 is 0 Å². The molecule has 0 bridgehead atoms. The van der Waals surface area contributed by atoms with Crippen LogP contribution in [0.2, 0.25) is 0 Å². The molecule has 0 atom stereocenters. The van der Waals surface area contributed by atoms with Crippen molar-refractivity contribution in [3.63, 3.8) is 0 Å². The lowest BCUT2D eigenvalue weighted by Crippen LogP contribution is -2.01. The fourth-order valence-corrected chi connectivity index (χ4v) is 6.85. The summed E-state index contributed by atoms with van der Waals surface area (Å²) in [6.45, 7) is 0. The first kappa shape index (κ1) is 28.2. The molecule has 4 aromatic heterocycles. The number of hydrogen-bond donors (Lipinski definition) is 0. The summed E-state index contributed by atoms with van der Waals surface area (Å²) >= 11 is 3.81. The second-order valence-corrected chi connectivity index (χ2v) is 12.5. The maximum atomic E-state index is 5.08. The van der Waals surface area contributed by atoms with Gasteiger partial charge in [-0.2, -0.15) is 0 Å². The van der Waals surface area contributed by atoms with Crippen LogP contribution in [0.15, 0.2) is 157 Å². The number of para-hydroxylation sites is 2. The van der Waals surface area contributed by atoms with Crippen LogP contribution in [0.25, 0.3) is 83.7 Å². The van der Waals surface area contributed by atoms with Crippen LogP contribution in [-0.2, 0) is 0 Å². The van der Waals surface area contributed by atoms with Crippen molar-refractivity contribution < 1.29 is 0 Å². The maximum absolute atomic E-state index is 5.08. The van der Waals surface area contributed by atoms with Gasteiger partial charge in [-0.15, -0.1) is 0 Å². The number of fused-ring (bicyclic) bond motifs is 4. The Bertz CT molecular complexity index is 2580. The molecule has 0 fully saturated rings. The predicted octanol–water partition coefficient (Wildman–Crippen LogP) is 10.3. The number of nitrogens with zero attached hydrogens (tertiary/aromatic N) is 6. The quantitative estimate of drug-likeness (QED) is 0.181. The molecule has 4 heterocycles. The van der Waals surface area contributed by atoms with Gasteiger partial charge in [0.05, 0.1) is 16.6 Å². The Morgan fingerprint density at radius 3 is 1.79 bits per heavy atom. The SMILES string of the molecule is Brc1cc(-c2nc(-c3ccc(-c4ccncc4)cc3)nc(-c3ccc4ncccc4c3)n2)cc(-n2c3ccccc3c3ccccc32)c1. The number of benzene rings is 5. The lowest BCUT2D eigenvalue weighted by Gasteiger charge is -2.13. The fourth-order valence-electron chi connectivity index (χ4n) is 6.37. The van der Waals surface area contributed by atoms with Gasteiger partial charge in [-0.1, -0.05) is 82.7 Å². The molecule has 0 aliphatic carbocycles. The molecule has 0 unspecified atom stereocenters. The van der Waals surface area contributed by atoms with Crippen molar-refractivity contribution >= 4 is 48.6 Å². The van der Waals surface area contributed by atoms with Crippen molar-refractivity contribution in [2.75, 3.05) is 0 Å². The summed E-state index contributed by atoms with van der Waals surface area (Å²) in [6.07, 6.45) is 5.41. The topological polar surface area (TPSA) is 69.4 Å². The van der Waals surface area contributed by atoms with Gasteiger partial charge in [0.25, 0.3) is 0 Å². The molecule has 6 nitrogen and oxygen atoms in total. The number of hydrogen-bond acceptors (Lipinski definition) is 5. The van der Waals surface area contributed by atoms with E-state index in [9.17, 15) is 0 Å². The van der Waals surface area contributed by atoms with Gasteiger partial charge in [-0.05, 0) is 77.9 Å². The Morgan fingerprint density at radius 1 is 0.458 bits per heavy atom. The zero-order valence-electron chi connectivity index (χ0n) is 25.5. The lowest BCUT2D eigenvalue weighted by molar-refractivity contribution is 1.07. The first-order valence-corrected chi connectivity index (χ1v) is 16.4. The standard InChI is InChI=1S/C41H25BrN6/c42-32-23-31(24-33(25-32)48-37-9-3-1-7-34(37)35-8-2-4-10-38(35)48)41-46-39(28-13-11-26(12-14-28)27-17-20-43-21-18-27)45-40(47-41)30-15-16-36-29(22-30)6-5-19-44-36/h1-25H. The lowest BCUT2D eigenvalue weighted by atomic mass is 10.0. The Balaban J connectivity index is 1.23. The summed E-state index contributed by atoms with van der Waals surface area (Å²) in [4.78, 5) is 23.8. The van der Waals surface area contributed by atoms with Crippen LogP contribution >= 0.6 is 15.9 Å². The van der Waals surface area contributed by atoms with E-state index >= 15 is 0 Å². The van der Waals surface area contributed by atoms with E-state index in [2.05, 4.69) is 134 Å². The minimum absolute atomic E-state index is 0.586. The van der Waals surface area contributed by atoms with E-state index in [0.717, 1.165) is 59.9 Å². The summed E-state index contributed by atoms with van der Waals surface area (Å²) in [5, 5.41) is 3.44. The normalized spacial score (nSPS) is 11.4. The Kier molecular flexibility index (Phi) is 6.83. The zero-order valence-corrected chi connectivity index (χ0v) is 27.1. The number of pyridine rings is 2. The fraction of sp³-hybridized carbons (Fsp3) is 0. The van der Waals surface area contributed by atoms with Crippen LogP contribution in [-0.4, -0.2) is 29.5 Å². The van der Waals surface area contributed by atoms with E-state index in [-0.39, 0.29) is 0 Å². The van der Waals surface area contributed by atoms with E-state index in [1.165, 1.54) is 10.8 Å². The first-order valence-electron chi connectivity index (χ1n) is 15.6. The van der Waals surface area contributed by atoms with Gasteiger partial charge >= 0.3 is 0 Å². The molecule has 0 saturated carbocycles. The minimum atomic E-state index is 0.586. The predicted molar refractivity (Wildman–Crippen MR) is 197 cm³/mol. The summed E-state index contributed by atoms with van der Waals surface area (Å²) in [6, 6.07) is 45.8. The highest BCUT2D eigenvalue weighted by Crippen LogP contribution is 2.35. The number of halogens is 1. The van der Waals surface area contributed by atoms with E-state index in [1.807, 2.05) is 30.3 Å². The first-order chi connectivity index (χ1) is 23.7. The molecular formula is C41H25BrN6. The summed E-state index contributed by atoms with van der Waals surface area (Å²) in [5.41, 5.74) is 9.08. The second-order valence-electron chi connectivity index (χ2n) is 11.6. The van der Waals surface area contributed by atoms with Crippen molar-refractivity contribution in [1.29, 1.82) is 0 Å². The van der Waals surface area contributed by atoms with Crippen LogP contribution in [0.4, 0.5) is 0 Å². The highest BCUT2D eigenvalue weighted by atomic mass is 79.9. The molecule has 0 N–H and O–H groups in total. The summed E-state index contributed by atoms with van der Waals surface area (Å²) in [5.74, 6) is 1.78. The third-order valence-electron chi connectivity index (χ3n) is 8.63. The Morgan fingerprint density at radius 2 is 1.06 bits per heavy atom. The highest BCUT2D eigenvalue weighted by Gasteiger charge is 2.17. The molecule has 0 radical (unpaired) electrons. The average Bonchev–Trinajstić information content (AvgIpc) is 3.49. The van der Waals surface area contributed by atoms with Gasteiger partial charge in [-0.3, -0.25) is 9.97 Å². The molecule has 7 heteroatoms. The van der Waals surface area contributed by atoms with E-state index in [4.69, 9.17) is 15.0 Å². The van der Waals surface area contributed by atoms with E-state index in [1.54, 1.807) is 18.6 Å². The second kappa shape index (κ2) is 11.6. The Hall–Kier alpha value is -6.05. The third-order valence-corrected chi connectivity index (χ3v) is 9.09. The molecule has 226 valence electrons. The monoisotopic (exact) mass is 680 g/mol. The van der Waals surface area contributed by atoms with Gasteiger partial charge in [0, 0.05) is 61.6 Å². The van der Waals surface area contributed by atoms with Crippen LogP contribution in [0, 0.1) is 0 Å². The number of rotatable bonds is 5. The van der Waals surface area contributed by atoms with Crippen LogP contribution in [0.5, 0.6) is 0 Å². The molecule has 0 aliphatic heterocycles. The molecule has 5 aromatic carbocycles. The van der Waals surface area contributed by atoms with E-state index < -0.39 is 0 Å². The molecule has 9 rings (SSSR count). The van der Waals surface area contributed by atoms with Crippen molar-refractivity contribution in [3.8, 4) is 51.0 Å². The molecule has 48 heavy (non-hydrogen) atoms. The highest BCUT2D eigenvalue weighted by molar-refractivity contribution is 9.10. The van der Waals surface area contributed by atoms with Crippen LogP contribution in [0.1, 0.15) is 0 Å². The summed E-state index contributed by atoms with van der Waals surface area (Å²) < 4.78 is 3.23. The van der Waals surface area contributed by atoms with Gasteiger partial charge < -0.3 is 4.57 Å². The molecule has 0 amide bonds.